The molecule has 4 aromatic rings. The van der Waals surface area contributed by atoms with Crippen molar-refractivity contribution < 1.29 is 4.39 Å². The summed E-state index contributed by atoms with van der Waals surface area (Å²) in [6.45, 7) is 1.92. The first-order valence-electron chi connectivity index (χ1n) is 7.98. The van der Waals surface area contributed by atoms with Crippen molar-refractivity contribution in [2.24, 2.45) is 0 Å². The summed E-state index contributed by atoms with van der Waals surface area (Å²) in [5.74, 6) is 0.524. The topological polar surface area (TPSA) is 63.6 Å². The smallest absolute Gasteiger partial charge is 0.163 e. The normalized spacial score (nSPS) is 11.0. The molecule has 4 rings (SSSR count). The third kappa shape index (κ3) is 3.54. The van der Waals surface area contributed by atoms with Gasteiger partial charge in [0.25, 0.3) is 0 Å². The van der Waals surface area contributed by atoms with Crippen LogP contribution in [-0.2, 0) is 0 Å². The van der Waals surface area contributed by atoms with Crippen molar-refractivity contribution in [3.8, 4) is 11.4 Å². The van der Waals surface area contributed by atoms with Crippen LogP contribution in [0.2, 0.25) is 10.0 Å². The van der Waals surface area contributed by atoms with Gasteiger partial charge >= 0.3 is 0 Å². The highest BCUT2D eigenvalue weighted by atomic mass is 35.5. The van der Waals surface area contributed by atoms with Gasteiger partial charge in [-0.2, -0.15) is 10.2 Å². The van der Waals surface area contributed by atoms with Crippen molar-refractivity contribution in [3.05, 3.63) is 70.2 Å². The summed E-state index contributed by atoms with van der Waals surface area (Å²) in [7, 11) is 0. The van der Waals surface area contributed by atoms with E-state index in [9.17, 15) is 4.39 Å². The molecule has 0 atom stereocenters. The molecule has 0 spiro atoms. The van der Waals surface area contributed by atoms with Gasteiger partial charge in [0.1, 0.15) is 11.6 Å². The van der Waals surface area contributed by atoms with E-state index < -0.39 is 5.82 Å². The van der Waals surface area contributed by atoms with Crippen molar-refractivity contribution in [3.63, 3.8) is 0 Å². The van der Waals surface area contributed by atoms with Crippen LogP contribution in [0.15, 0.2) is 48.8 Å². The van der Waals surface area contributed by atoms with Crippen LogP contribution in [0.3, 0.4) is 0 Å². The quantitative estimate of drug-likeness (QED) is 0.486. The van der Waals surface area contributed by atoms with E-state index in [1.807, 2.05) is 13.0 Å². The molecule has 8 heteroatoms. The van der Waals surface area contributed by atoms with Gasteiger partial charge in [-0.1, -0.05) is 23.2 Å². The zero-order valence-electron chi connectivity index (χ0n) is 14.0. The summed E-state index contributed by atoms with van der Waals surface area (Å²) in [6, 6.07) is 9.77. The third-order valence-electron chi connectivity index (χ3n) is 3.98. The third-order valence-corrected chi connectivity index (χ3v) is 4.49. The summed E-state index contributed by atoms with van der Waals surface area (Å²) in [5, 5.41) is 12.2. The number of halogens is 3. The molecule has 2 heterocycles. The Hall–Kier alpha value is -2.83. The minimum atomic E-state index is -0.489. The van der Waals surface area contributed by atoms with Crippen molar-refractivity contribution in [1.29, 1.82) is 0 Å². The molecule has 0 bridgehead atoms. The van der Waals surface area contributed by atoms with Gasteiger partial charge in [-0.15, -0.1) is 0 Å². The van der Waals surface area contributed by atoms with Crippen molar-refractivity contribution >= 4 is 45.6 Å². The largest absolute Gasteiger partial charge is 0.340 e. The molecule has 0 aliphatic rings. The second-order valence-corrected chi connectivity index (χ2v) is 6.74. The lowest BCUT2D eigenvalue weighted by atomic mass is 10.1. The average molecular weight is 400 g/mol. The molecule has 5 nitrogen and oxygen atoms in total. The summed E-state index contributed by atoms with van der Waals surface area (Å²) < 4.78 is 13.5. The van der Waals surface area contributed by atoms with Crippen LogP contribution in [0.4, 0.5) is 15.9 Å². The maximum absolute atomic E-state index is 13.5. The summed E-state index contributed by atoms with van der Waals surface area (Å²) >= 11 is 12.1. The zero-order chi connectivity index (χ0) is 19.0. The van der Waals surface area contributed by atoms with E-state index >= 15 is 0 Å². The molecule has 134 valence electrons. The van der Waals surface area contributed by atoms with Gasteiger partial charge in [-0.25, -0.2) is 14.4 Å². The number of aryl methyl sites for hydroxylation is 1. The van der Waals surface area contributed by atoms with Gasteiger partial charge in [0.2, 0.25) is 0 Å². The summed E-state index contributed by atoms with van der Waals surface area (Å²) in [6.07, 6.45) is 3.16. The fraction of sp³-hybridized carbons (Fsp3) is 0.0526. The highest BCUT2D eigenvalue weighted by Gasteiger charge is 2.13. The minimum Gasteiger partial charge on any atom is -0.340 e. The second-order valence-electron chi connectivity index (χ2n) is 5.90. The van der Waals surface area contributed by atoms with Crippen LogP contribution in [0.25, 0.3) is 22.3 Å². The molecule has 2 aromatic carbocycles. The molecule has 0 aliphatic heterocycles. The number of rotatable bonds is 3. The average Bonchev–Trinajstić information content (AvgIpc) is 2.66. The van der Waals surface area contributed by atoms with E-state index in [2.05, 4.69) is 25.5 Å². The maximum Gasteiger partial charge on any atom is 0.163 e. The first-order chi connectivity index (χ1) is 13.0. The Balaban J connectivity index is 1.92. The van der Waals surface area contributed by atoms with Crippen LogP contribution < -0.4 is 5.32 Å². The molecule has 0 radical (unpaired) electrons. The molecule has 0 amide bonds. The minimum absolute atomic E-state index is 0.0196. The molecule has 0 aliphatic carbocycles. The molecule has 1 N–H and O–H groups in total. The maximum atomic E-state index is 13.5. The molecular formula is C19H12Cl2FN5. The highest BCUT2D eigenvalue weighted by Crippen LogP contribution is 2.32. The second kappa shape index (κ2) is 7.06. The number of nitrogens with zero attached hydrogens (tertiary/aromatic N) is 4. The van der Waals surface area contributed by atoms with E-state index in [1.54, 1.807) is 30.6 Å². The van der Waals surface area contributed by atoms with E-state index in [1.165, 1.54) is 12.1 Å². The zero-order valence-corrected chi connectivity index (χ0v) is 15.6. The first-order valence-corrected chi connectivity index (χ1v) is 8.74. The monoisotopic (exact) mass is 399 g/mol. The van der Waals surface area contributed by atoms with Crippen LogP contribution in [0.1, 0.15) is 5.56 Å². The van der Waals surface area contributed by atoms with Gasteiger partial charge < -0.3 is 5.32 Å². The number of aromatic nitrogens is 4. The predicted molar refractivity (Wildman–Crippen MR) is 105 cm³/mol. The number of anilines is 2. The molecule has 0 saturated heterocycles. The Morgan fingerprint density at radius 3 is 2.59 bits per heavy atom. The molecule has 0 saturated carbocycles. The van der Waals surface area contributed by atoms with Crippen molar-refractivity contribution in [1.82, 2.24) is 20.2 Å². The van der Waals surface area contributed by atoms with Gasteiger partial charge in [0.05, 0.1) is 22.9 Å². The summed E-state index contributed by atoms with van der Waals surface area (Å²) in [5.41, 5.74) is 2.97. The lowest BCUT2D eigenvalue weighted by Crippen LogP contribution is -2.01. The lowest BCUT2D eigenvalue weighted by molar-refractivity contribution is 0.628. The van der Waals surface area contributed by atoms with E-state index in [0.717, 1.165) is 22.0 Å². The molecule has 27 heavy (non-hydrogen) atoms. The van der Waals surface area contributed by atoms with Crippen LogP contribution in [-0.4, -0.2) is 20.2 Å². The Kier molecular flexibility index (Phi) is 4.59. The Labute approximate surface area is 164 Å². The number of nitrogens with one attached hydrogen (secondary N) is 1. The van der Waals surface area contributed by atoms with Crippen LogP contribution in [0, 0.1) is 12.7 Å². The lowest BCUT2D eigenvalue weighted by Gasteiger charge is -2.13. The fourth-order valence-electron chi connectivity index (χ4n) is 2.72. The SMILES string of the molecule is Cc1cc(Cl)cc2c(Nc3ccc(F)c(Cl)c3)nc(-c3ccnnc3)nc12. The molecule has 2 aromatic heterocycles. The Bertz CT molecular complexity index is 1150. The number of hydrogen-bond donors (Lipinski definition) is 1. The van der Waals surface area contributed by atoms with E-state index in [4.69, 9.17) is 23.2 Å². The Morgan fingerprint density at radius 2 is 1.85 bits per heavy atom. The van der Waals surface area contributed by atoms with Crippen LogP contribution in [0.5, 0.6) is 0 Å². The van der Waals surface area contributed by atoms with Gasteiger partial charge in [0.15, 0.2) is 5.82 Å². The van der Waals surface area contributed by atoms with Crippen LogP contribution >= 0.6 is 23.2 Å². The fourth-order valence-corrected chi connectivity index (χ4v) is 3.17. The Morgan fingerprint density at radius 1 is 1.00 bits per heavy atom. The summed E-state index contributed by atoms with van der Waals surface area (Å²) in [4.78, 5) is 9.27. The van der Waals surface area contributed by atoms with E-state index in [0.29, 0.717) is 22.4 Å². The standard InChI is InChI=1S/C19H12Cl2FN5/c1-10-6-12(20)7-14-17(10)26-18(11-4-5-23-24-9-11)27-19(14)25-13-2-3-16(22)15(21)8-13/h2-9H,1H3,(H,25,26,27). The van der Waals surface area contributed by atoms with Gasteiger partial charge in [-0.05, 0) is 48.9 Å². The number of benzene rings is 2. The van der Waals surface area contributed by atoms with Gasteiger partial charge in [-0.3, -0.25) is 0 Å². The molecule has 0 fully saturated rings. The predicted octanol–water partition coefficient (Wildman–Crippen LogP) is 5.58. The van der Waals surface area contributed by atoms with Crippen molar-refractivity contribution in [2.75, 3.05) is 5.32 Å². The van der Waals surface area contributed by atoms with Crippen molar-refractivity contribution in [2.45, 2.75) is 6.92 Å². The highest BCUT2D eigenvalue weighted by molar-refractivity contribution is 6.31. The van der Waals surface area contributed by atoms with E-state index in [-0.39, 0.29) is 5.02 Å². The number of fused-ring (bicyclic) bond motifs is 1. The molecular weight excluding hydrogens is 388 g/mol. The molecule has 0 unspecified atom stereocenters. The van der Waals surface area contributed by atoms with Gasteiger partial charge in [0, 0.05) is 21.7 Å². The first kappa shape index (κ1) is 17.6. The number of hydrogen-bond acceptors (Lipinski definition) is 5.